The molecule has 2 N–H and O–H groups in total. The predicted molar refractivity (Wildman–Crippen MR) is 77.6 cm³/mol. The van der Waals surface area contributed by atoms with Gasteiger partial charge in [0.25, 0.3) is 5.91 Å². The number of benzene rings is 1. The summed E-state index contributed by atoms with van der Waals surface area (Å²) in [6.07, 6.45) is 1.45. The molecule has 0 aliphatic rings. The third-order valence-electron chi connectivity index (χ3n) is 3.22. The van der Waals surface area contributed by atoms with Crippen LogP contribution in [0.3, 0.4) is 0 Å². The maximum Gasteiger partial charge on any atom is 0.325 e. The summed E-state index contributed by atoms with van der Waals surface area (Å²) in [5.74, 6) is -1.52. The van der Waals surface area contributed by atoms with Gasteiger partial charge in [-0.15, -0.1) is 0 Å². The van der Waals surface area contributed by atoms with E-state index in [9.17, 15) is 9.59 Å². The fraction of sp³-hybridized carbons (Fsp3) is 0.267. The molecule has 0 spiro atoms. The molecule has 0 saturated carbocycles. The van der Waals surface area contributed by atoms with Crippen molar-refractivity contribution >= 4 is 11.9 Å². The van der Waals surface area contributed by atoms with Gasteiger partial charge < -0.3 is 10.4 Å². The van der Waals surface area contributed by atoms with Gasteiger partial charge in [-0.2, -0.15) is 5.10 Å². The fourth-order valence-corrected chi connectivity index (χ4v) is 1.99. The molecule has 0 fully saturated rings. The number of carbonyl (C=O) groups is 2. The summed E-state index contributed by atoms with van der Waals surface area (Å²) in [5, 5.41) is 15.5. The van der Waals surface area contributed by atoms with Gasteiger partial charge in [0.05, 0.1) is 23.1 Å². The highest BCUT2D eigenvalue weighted by molar-refractivity contribution is 5.97. The lowest BCUT2D eigenvalue weighted by atomic mass is 10.2. The lowest BCUT2D eigenvalue weighted by Gasteiger charge is -2.09. The molecule has 6 nitrogen and oxygen atoms in total. The molecule has 21 heavy (non-hydrogen) atoms. The lowest BCUT2D eigenvalue weighted by Crippen LogP contribution is -2.38. The Labute approximate surface area is 122 Å². The van der Waals surface area contributed by atoms with Crippen LogP contribution in [0.15, 0.2) is 30.5 Å². The molecule has 0 aliphatic heterocycles. The Morgan fingerprint density at radius 3 is 2.67 bits per heavy atom. The van der Waals surface area contributed by atoms with Crippen LogP contribution >= 0.6 is 0 Å². The molecule has 1 aromatic heterocycles. The van der Waals surface area contributed by atoms with E-state index in [1.807, 2.05) is 31.2 Å². The Morgan fingerprint density at radius 1 is 1.33 bits per heavy atom. The molecule has 2 rings (SSSR count). The van der Waals surface area contributed by atoms with Crippen molar-refractivity contribution in [1.29, 1.82) is 0 Å². The first-order valence-electron chi connectivity index (χ1n) is 6.55. The zero-order valence-electron chi connectivity index (χ0n) is 12.1. The van der Waals surface area contributed by atoms with Gasteiger partial charge in [0.15, 0.2) is 0 Å². The van der Waals surface area contributed by atoms with Crippen LogP contribution < -0.4 is 5.32 Å². The van der Waals surface area contributed by atoms with Crippen LogP contribution in [0.25, 0.3) is 5.69 Å². The van der Waals surface area contributed by atoms with Crippen molar-refractivity contribution in [2.24, 2.45) is 0 Å². The third kappa shape index (κ3) is 3.10. The average molecular weight is 287 g/mol. The minimum Gasteiger partial charge on any atom is -0.480 e. The monoisotopic (exact) mass is 287 g/mol. The Hall–Kier alpha value is -2.63. The van der Waals surface area contributed by atoms with Gasteiger partial charge in [-0.1, -0.05) is 12.1 Å². The van der Waals surface area contributed by atoms with Crippen LogP contribution in [0.1, 0.15) is 28.5 Å². The van der Waals surface area contributed by atoms with Crippen molar-refractivity contribution in [2.45, 2.75) is 26.8 Å². The minimum atomic E-state index is -1.08. The maximum absolute atomic E-state index is 12.1. The Balaban J connectivity index is 2.29. The molecule has 0 radical (unpaired) electrons. The van der Waals surface area contributed by atoms with E-state index in [0.29, 0.717) is 11.3 Å². The summed E-state index contributed by atoms with van der Waals surface area (Å²) < 4.78 is 1.66. The van der Waals surface area contributed by atoms with Crippen molar-refractivity contribution in [1.82, 2.24) is 15.1 Å². The number of carboxylic acid groups (broad SMARTS) is 1. The Bertz CT molecular complexity index is 691. The van der Waals surface area contributed by atoms with Crippen molar-refractivity contribution in [2.75, 3.05) is 0 Å². The summed E-state index contributed by atoms with van der Waals surface area (Å²) >= 11 is 0. The second kappa shape index (κ2) is 5.78. The van der Waals surface area contributed by atoms with E-state index in [4.69, 9.17) is 5.11 Å². The van der Waals surface area contributed by atoms with Crippen LogP contribution in [-0.2, 0) is 4.79 Å². The first kappa shape index (κ1) is 14.8. The molecule has 110 valence electrons. The molecular weight excluding hydrogens is 270 g/mol. The van der Waals surface area contributed by atoms with Crippen molar-refractivity contribution < 1.29 is 14.7 Å². The highest BCUT2D eigenvalue weighted by atomic mass is 16.4. The zero-order chi connectivity index (χ0) is 15.6. The van der Waals surface area contributed by atoms with Crippen LogP contribution in [0.5, 0.6) is 0 Å². The predicted octanol–water partition coefficient (Wildman–Crippen LogP) is 1.69. The van der Waals surface area contributed by atoms with E-state index in [0.717, 1.165) is 11.3 Å². The van der Waals surface area contributed by atoms with E-state index >= 15 is 0 Å². The van der Waals surface area contributed by atoms with Crippen molar-refractivity contribution in [3.8, 4) is 5.69 Å². The second-order valence-electron chi connectivity index (χ2n) is 4.93. The molecule has 1 aromatic carbocycles. The molecule has 0 saturated heterocycles. The number of rotatable bonds is 4. The molecule has 1 atom stereocenters. The van der Waals surface area contributed by atoms with E-state index in [1.165, 1.54) is 13.1 Å². The van der Waals surface area contributed by atoms with Gasteiger partial charge in [0.2, 0.25) is 0 Å². The number of amides is 1. The van der Waals surface area contributed by atoms with Crippen molar-refractivity contribution in [3.05, 3.63) is 47.3 Å². The number of carboxylic acids is 1. The van der Waals surface area contributed by atoms with Gasteiger partial charge >= 0.3 is 5.97 Å². The van der Waals surface area contributed by atoms with Crippen LogP contribution in [0.4, 0.5) is 0 Å². The molecule has 6 heteroatoms. The summed E-state index contributed by atoms with van der Waals surface area (Å²) in [5.41, 5.74) is 2.98. The van der Waals surface area contributed by atoms with E-state index in [2.05, 4.69) is 10.4 Å². The molecule has 0 bridgehead atoms. The number of hydrogen-bond donors (Lipinski definition) is 2. The lowest BCUT2D eigenvalue weighted by molar-refractivity contribution is -0.138. The Kier molecular flexibility index (Phi) is 4.07. The Morgan fingerprint density at radius 2 is 2.05 bits per heavy atom. The number of hydrogen-bond acceptors (Lipinski definition) is 3. The van der Waals surface area contributed by atoms with E-state index in [-0.39, 0.29) is 0 Å². The average Bonchev–Trinajstić information content (AvgIpc) is 2.80. The molecule has 1 heterocycles. The van der Waals surface area contributed by atoms with E-state index < -0.39 is 17.9 Å². The highest BCUT2D eigenvalue weighted by Crippen LogP contribution is 2.15. The van der Waals surface area contributed by atoms with Crippen LogP contribution in [0.2, 0.25) is 0 Å². The van der Waals surface area contributed by atoms with Gasteiger partial charge in [0, 0.05) is 0 Å². The van der Waals surface area contributed by atoms with Gasteiger partial charge in [-0.05, 0) is 38.5 Å². The normalized spacial score (nSPS) is 12.0. The summed E-state index contributed by atoms with van der Waals surface area (Å²) in [7, 11) is 0. The summed E-state index contributed by atoms with van der Waals surface area (Å²) in [4.78, 5) is 22.8. The molecule has 2 aromatic rings. The number of carbonyl (C=O) groups excluding carboxylic acids is 1. The molecule has 0 unspecified atom stereocenters. The molecule has 0 aliphatic carbocycles. The maximum atomic E-state index is 12.1. The van der Waals surface area contributed by atoms with Gasteiger partial charge in [-0.3, -0.25) is 9.59 Å². The standard InChI is InChI=1S/C15H17N3O3/c1-9-5-4-6-12(7-9)18-11(3)13(8-16-18)14(19)17-10(2)15(20)21/h4-8,10H,1-3H3,(H,17,19)(H,20,21)/t10-/m1/s1. The van der Waals surface area contributed by atoms with Crippen LogP contribution in [-0.4, -0.2) is 32.8 Å². The first-order chi connectivity index (χ1) is 9.90. The number of aliphatic carboxylic acids is 1. The first-order valence-corrected chi connectivity index (χ1v) is 6.55. The smallest absolute Gasteiger partial charge is 0.325 e. The zero-order valence-corrected chi connectivity index (χ0v) is 12.1. The summed E-state index contributed by atoms with van der Waals surface area (Å²) in [6.45, 7) is 5.17. The minimum absolute atomic E-state index is 0.365. The second-order valence-corrected chi connectivity index (χ2v) is 4.93. The third-order valence-corrected chi connectivity index (χ3v) is 3.22. The molecule has 1 amide bonds. The quantitative estimate of drug-likeness (QED) is 0.896. The van der Waals surface area contributed by atoms with Crippen LogP contribution in [0, 0.1) is 13.8 Å². The SMILES string of the molecule is Cc1cccc(-n2ncc(C(=O)N[C@H](C)C(=O)O)c2C)c1. The number of aromatic nitrogens is 2. The topological polar surface area (TPSA) is 84.2 Å². The van der Waals surface area contributed by atoms with Gasteiger partial charge in [0.1, 0.15) is 6.04 Å². The van der Waals surface area contributed by atoms with Crippen molar-refractivity contribution in [3.63, 3.8) is 0 Å². The number of nitrogens with zero attached hydrogens (tertiary/aromatic N) is 2. The number of nitrogens with one attached hydrogen (secondary N) is 1. The molecular formula is C15H17N3O3. The largest absolute Gasteiger partial charge is 0.480 e. The van der Waals surface area contributed by atoms with Gasteiger partial charge in [-0.25, -0.2) is 4.68 Å². The fourth-order valence-electron chi connectivity index (χ4n) is 1.99. The number of aryl methyl sites for hydroxylation is 1. The highest BCUT2D eigenvalue weighted by Gasteiger charge is 2.19. The van der Waals surface area contributed by atoms with E-state index in [1.54, 1.807) is 11.6 Å². The summed E-state index contributed by atoms with van der Waals surface area (Å²) in [6, 6.07) is 6.80.